The SMILES string of the molecule is COC(=O)c1cc(Sc2ccc(I)cc2)ccc1Cl. The number of halogens is 2. The minimum atomic E-state index is -0.421. The summed E-state index contributed by atoms with van der Waals surface area (Å²) in [5.41, 5.74) is 0.389. The number of hydrogen-bond acceptors (Lipinski definition) is 3. The van der Waals surface area contributed by atoms with Crippen LogP contribution in [0, 0.1) is 3.57 Å². The molecule has 0 radical (unpaired) electrons. The number of carbonyl (C=O) groups excluding carboxylic acids is 1. The van der Waals surface area contributed by atoms with Crippen molar-refractivity contribution < 1.29 is 9.53 Å². The minimum Gasteiger partial charge on any atom is -0.465 e. The molecule has 2 nitrogen and oxygen atoms in total. The summed E-state index contributed by atoms with van der Waals surface area (Å²) in [5, 5.41) is 0.402. The first-order valence-corrected chi connectivity index (χ1v) is 7.69. The van der Waals surface area contributed by atoms with Gasteiger partial charge in [-0.05, 0) is 65.1 Å². The molecule has 0 aliphatic rings. The quantitative estimate of drug-likeness (QED) is 0.538. The highest BCUT2D eigenvalue weighted by atomic mass is 127. The van der Waals surface area contributed by atoms with Crippen molar-refractivity contribution in [3.8, 4) is 0 Å². The van der Waals surface area contributed by atoms with Crippen LogP contribution in [0.5, 0.6) is 0 Å². The van der Waals surface area contributed by atoms with Crippen LogP contribution in [0.15, 0.2) is 52.3 Å². The maximum Gasteiger partial charge on any atom is 0.339 e. The van der Waals surface area contributed by atoms with Crippen LogP contribution < -0.4 is 0 Å². The molecule has 0 spiro atoms. The molecule has 0 unspecified atom stereocenters. The Hall–Kier alpha value is -0.720. The number of carbonyl (C=O) groups is 1. The van der Waals surface area contributed by atoms with Gasteiger partial charge in [0.05, 0.1) is 17.7 Å². The van der Waals surface area contributed by atoms with Crippen LogP contribution in [0.4, 0.5) is 0 Å². The van der Waals surface area contributed by atoms with Gasteiger partial charge in [-0.25, -0.2) is 4.79 Å². The summed E-state index contributed by atoms with van der Waals surface area (Å²) in [4.78, 5) is 13.6. The van der Waals surface area contributed by atoms with Gasteiger partial charge in [0.1, 0.15) is 0 Å². The third-order valence-electron chi connectivity index (χ3n) is 2.39. The van der Waals surface area contributed by atoms with Crippen LogP contribution in [-0.2, 0) is 4.74 Å². The van der Waals surface area contributed by atoms with Crippen molar-refractivity contribution in [1.29, 1.82) is 0 Å². The van der Waals surface area contributed by atoms with Gasteiger partial charge in [0, 0.05) is 13.4 Å². The average Bonchev–Trinajstić information content (AvgIpc) is 2.42. The Morgan fingerprint density at radius 3 is 2.42 bits per heavy atom. The number of methoxy groups -OCH3 is 1. The second-order valence-corrected chi connectivity index (χ2v) is 6.49. The van der Waals surface area contributed by atoms with Crippen molar-refractivity contribution in [2.24, 2.45) is 0 Å². The van der Waals surface area contributed by atoms with Crippen LogP contribution in [0.3, 0.4) is 0 Å². The largest absolute Gasteiger partial charge is 0.465 e. The smallest absolute Gasteiger partial charge is 0.339 e. The Morgan fingerprint density at radius 1 is 1.16 bits per heavy atom. The van der Waals surface area contributed by atoms with E-state index in [0.717, 1.165) is 9.79 Å². The zero-order valence-electron chi connectivity index (χ0n) is 10.0. The zero-order chi connectivity index (χ0) is 13.8. The van der Waals surface area contributed by atoms with Crippen molar-refractivity contribution in [1.82, 2.24) is 0 Å². The Kier molecular flexibility index (Phi) is 5.13. The fourth-order valence-electron chi connectivity index (χ4n) is 1.47. The lowest BCUT2D eigenvalue weighted by Crippen LogP contribution is -2.02. The first-order chi connectivity index (χ1) is 9.10. The summed E-state index contributed by atoms with van der Waals surface area (Å²) < 4.78 is 5.89. The summed E-state index contributed by atoms with van der Waals surface area (Å²) in [6, 6.07) is 13.5. The van der Waals surface area contributed by atoms with Crippen molar-refractivity contribution in [2.45, 2.75) is 9.79 Å². The molecule has 0 saturated heterocycles. The Morgan fingerprint density at radius 2 is 1.79 bits per heavy atom. The molecule has 19 heavy (non-hydrogen) atoms. The van der Waals surface area contributed by atoms with E-state index < -0.39 is 5.97 Å². The normalized spacial score (nSPS) is 10.3. The van der Waals surface area contributed by atoms with Crippen LogP contribution in [0.1, 0.15) is 10.4 Å². The molecule has 0 aromatic heterocycles. The summed E-state index contributed by atoms with van der Waals surface area (Å²) >= 11 is 9.82. The monoisotopic (exact) mass is 404 g/mol. The molecule has 0 aliphatic heterocycles. The van der Waals surface area contributed by atoms with Gasteiger partial charge in [0.15, 0.2) is 0 Å². The van der Waals surface area contributed by atoms with E-state index in [-0.39, 0.29) is 0 Å². The third kappa shape index (κ3) is 3.87. The van der Waals surface area contributed by atoms with Crippen molar-refractivity contribution >= 4 is 51.9 Å². The van der Waals surface area contributed by atoms with Gasteiger partial charge in [0.2, 0.25) is 0 Å². The molecule has 0 heterocycles. The molecule has 0 atom stereocenters. The van der Waals surface area contributed by atoms with Gasteiger partial charge < -0.3 is 4.74 Å². The Balaban J connectivity index is 2.26. The van der Waals surface area contributed by atoms with Gasteiger partial charge in [0.25, 0.3) is 0 Å². The second-order valence-electron chi connectivity index (χ2n) is 3.69. The van der Waals surface area contributed by atoms with E-state index in [1.54, 1.807) is 23.9 Å². The Bertz CT molecular complexity index is 599. The van der Waals surface area contributed by atoms with E-state index in [4.69, 9.17) is 16.3 Å². The van der Waals surface area contributed by atoms with Gasteiger partial charge in [-0.15, -0.1) is 0 Å². The molecule has 0 fully saturated rings. The summed E-state index contributed by atoms with van der Waals surface area (Å²) in [5.74, 6) is -0.421. The molecule has 2 rings (SSSR count). The van der Waals surface area contributed by atoms with E-state index >= 15 is 0 Å². The number of rotatable bonds is 3. The molecule has 2 aromatic carbocycles. The fraction of sp³-hybridized carbons (Fsp3) is 0.0714. The summed E-state index contributed by atoms with van der Waals surface area (Å²) in [6.45, 7) is 0. The van der Waals surface area contributed by atoms with E-state index in [2.05, 4.69) is 22.6 Å². The average molecular weight is 405 g/mol. The van der Waals surface area contributed by atoms with Crippen molar-refractivity contribution in [3.05, 3.63) is 56.6 Å². The number of esters is 1. The molecule has 0 saturated carbocycles. The van der Waals surface area contributed by atoms with E-state index in [1.807, 2.05) is 30.3 Å². The topological polar surface area (TPSA) is 26.3 Å². The van der Waals surface area contributed by atoms with Crippen LogP contribution in [0.2, 0.25) is 5.02 Å². The second kappa shape index (κ2) is 6.63. The highest BCUT2D eigenvalue weighted by Gasteiger charge is 2.11. The minimum absolute atomic E-state index is 0.389. The summed E-state index contributed by atoms with van der Waals surface area (Å²) in [6.07, 6.45) is 0. The third-order valence-corrected chi connectivity index (χ3v) is 4.44. The van der Waals surface area contributed by atoms with Gasteiger partial charge in [-0.1, -0.05) is 23.4 Å². The molecular formula is C14H10ClIO2S. The maximum absolute atomic E-state index is 11.6. The van der Waals surface area contributed by atoms with Gasteiger partial charge in [-0.3, -0.25) is 0 Å². The van der Waals surface area contributed by atoms with E-state index in [1.165, 1.54) is 10.7 Å². The molecule has 5 heteroatoms. The number of hydrogen-bond donors (Lipinski definition) is 0. The van der Waals surface area contributed by atoms with E-state index in [0.29, 0.717) is 10.6 Å². The molecule has 0 bridgehead atoms. The van der Waals surface area contributed by atoms with Crippen LogP contribution in [0.25, 0.3) is 0 Å². The highest BCUT2D eigenvalue weighted by Crippen LogP contribution is 2.31. The lowest BCUT2D eigenvalue weighted by Gasteiger charge is -2.06. The summed E-state index contributed by atoms with van der Waals surface area (Å²) in [7, 11) is 1.34. The molecule has 2 aromatic rings. The van der Waals surface area contributed by atoms with Gasteiger partial charge >= 0.3 is 5.97 Å². The molecule has 98 valence electrons. The number of benzene rings is 2. The first-order valence-electron chi connectivity index (χ1n) is 5.41. The Labute approximate surface area is 134 Å². The predicted octanol–water partition coefficient (Wildman–Crippen LogP) is 4.88. The molecule has 0 N–H and O–H groups in total. The lowest BCUT2D eigenvalue weighted by atomic mass is 10.2. The molecule has 0 aliphatic carbocycles. The van der Waals surface area contributed by atoms with Crippen LogP contribution >= 0.6 is 46.0 Å². The predicted molar refractivity (Wildman–Crippen MR) is 86.1 cm³/mol. The van der Waals surface area contributed by atoms with Crippen molar-refractivity contribution in [2.75, 3.05) is 7.11 Å². The van der Waals surface area contributed by atoms with E-state index in [9.17, 15) is 4.79 Å². The standard InChI is InChI=1S/C14H10ClIO2S/c1-18-14(17)12-8-11(6-7-13(12)15)19-10-4-2-9(16)3-5-10/h2-8H,1H3. The maximum atomic E-state index is 11.6. The zero-order valence-corrected chi connectivity index (χ0v) is 13.8. The number of ether oxygens (including phenoxy) is 1. The van der Waals surface area contributed by atoms with Gasteiger partial charge in [-0.2, -0.15) is 0 Å². The lowest BCUT2D eigenvalue weighted by molar-refractivity contribution is 0.0600. The fourth-order valence-corrected chi connectivity index (χ4v) is 2.88. The van der Waals surface area contributed by atoms with Crippen LogP contribution in [-0.4, -0.2) is 13.1 Å². The molecular weight excluding hydrogens is 395 g/mol. The molecule has 0 amide bonds. The first kappa shape index (κ1) is 14.7. The highest BCUT2D eigenvalue weighted by molar-refractivity contribution is 14.1. The van der Waals surface area contributed by atoms with Crippen molar-refractivity contribution in [3.63, 3.8) is 0 Å².